The van der Waals surface area contributed by atoms with Gasteiger partial charge in [-0.05, 0) is 36.1 Å². The van der Waals surface area contributed by atoms with Gasteiger partial charge >= 0.3 is 12.1 Å². The molecule has 0 spiro atoms. The van der Waals surface area contributed by atoms with Crippen molar-refractivity contribution >= 4 is 11.9 Å². The van der Waals surface area contributed by atoms with Crippen molar-refractivity contribution in [2.24, 2.45) is 0 Å². The van der Waals surface area contributed by atoms with E-state index in [2.05, 4.69) is 5.32 Å². The third kappa shape index (κ3) is 7.13. The molecule has 27 heavy (non-hydrogen) atoms. The average molecular weight is 379 g/mol. The molecule has 0 aliphatic heterocycles. The zero-order valence-corrected chi connectivity index (χ0v) is 14.5. The predicted octanol–water partition coefficient (Wildman–Crippen LogP) is 3.84. The van der Waals surface area contributed by atoms with Crippen LogP contribution in [0.3, 0.4) is 0 Å². The molecule has 0 bridgehead atoms. The minimum absolute atomic E-state index is 0.112. The van der Waals surface area contributed by atoms with Gasteiger partial charge in [0.05, 0.1) is 18.4 Å². The molecular weight excluding hydrogens is 359 g/mol. The molecule has 1 atom stereocenters. The zero-order chi connectivity index (χ0) is 19.9. The van der Waals surface area contributed by atoms with Gasteiger partial charge in [0.1, 0.15) is 0 Å². The van der Waals surface area contributed by atoms with Gasteiger partial charge in [-0.25, -0.2) is 0 Å². The largest absolute Gasteiger partial charge is 0.481 e. The number of nitrogens with one attached hydrogen (secondary N) is 1. The molecule has 2 N–H and O–H groups in total. The number of benzene rings is 2. The maximum Gasteiger partial charge on any atom is 0.416 e. The second-order valence-corrected chi connectivity index (χ2v) is 6.26. The molecule has 1 amide bonds. The summed E-state index contributed by atoms with van der Waals surface area (Å²) in [6.45, 7) is 0. The number of rotatable bonds is 8. The van der Waals surface area contributed by atoms with E-state index >= 15 is 0 Å². The minimum Gasteiger partial charge on any atom is -0.481 e. The summed E-state index contributed by atoms with van der Waals surface area (Å²) in [5.74, 6) is -1.45. The average Bonchev–Trinajstić information content (AvgIpc) is 2.60. The summed E-state index contributed by atoms with van der Waals surface area (Å²) in [7, 11) is 0. The molecule has 0 aliphatic rings. The molecule has 0 fully saturated rings. The maximum atomic E-state index is 12.6. The van der Waals surface area contributed by atoms with Crippen LogP contribution in [0.5, 0.6) is 0 Å². The van der Waals surface area contributed by atoms with Crippen molar-refractivity contribution in [3.8, 4) is 0 Å². The second kappa shape index (κ2) is 9.21. The first-order valence-corrected chi connectivity index (χ1v) is 8.45. The smallest absolute Gasteiger partial charge is 0.416 e. The number of carboxylic acids is 1. The fourth-order valence-electron chi connectivity index (χ4n) is 2.70. The van der Waals surface area contributed by atoms with Crippen molar-refractivity contribution in [1.29, 1.82) is 0 Å². The first-order chi connectivity index (χ1) is 12.7. The Labute approximate surface area is 155 Å². The van der Waals surface area contributed by atoms with Gasteiger partial charge < -0.3 is 10.4 Å². The van der Waals surface area contributed by atoms with E-state index in [9.17, 15) is 22.8 Å². The number of aryl methyl sites for hydroxylation is 1. The van der Waals surface area contributed by atoms with Gasteiger partial charge in [0.25, 0.3) is 0 Å². The Hall–Kier alpha value is -2.83. The number of carbonyl (C=O) groups excluding carboxylic acids is 1. The van der Waals surface area contributed by atoms with Crippen LogP contribution in [0.2, 0.25) is 0 Å². The van der Waals surface area contributed by atoms with Crippen LogP contribution in [0.15, 0.2) is 54.6 Å². The third-order valence-corrected chi connectivity index (χ3v) is 4.06. The standard InChI is InChI=1S/C20H20F3NO3/c21-20(22,23)16-9-6-15(7-10-16)12-18(25)24-17(13-19(26)27)11-8-14-4-2-1-3-5-14/h1-7,9-10,17H,8,11-13H2,(H,24,25)(H,26,27)/t17-/m0/s1. The van der Waals surface area contributed by atoms with E-state index in [1.807, 2.05) is 30.3 Å². The minimum atomic E-state index is -4.43. The van der Waals surface area contributed by atoms with Crippen LogP contribution >= 0.6 is 0 Å². The second-order valence-electron chi connectivity index (χ2n) is 6.26. The number of hydrogen-bond donors (Lipinski definition) is 2. The fourth-order valence-corrected chi connectivity index (χ4v) is 2.70. The predicted molar refractivity (Wildman–Crippen MR) is 94.1 cm³/mol. The van der Waals surface area contributed by atoms with Gasteiger partial charge in [0, 0.05) is 6.04 Å². The van der Waals surface area contributed by atoms with Crippen molar-refractivity contribution in [2.75, 3.05) is 0 Å². The van der Waals surface area contributed by atoms with Crippen molar-refractivity contribution in [3.63, 3.8) is 0 Å². The van der Waals surface area contributed by atoms with E-state index in [0.717, 1.165) is 17.7 Å². The lowest BCUT2D eigenvalue weighted by molar-refractivity contribution is -0.138. The summed E-state index contributed by atoms with van der Waals surface area (Å²) in [6.07, 6.45) is -3.69. The third-order valence-electron chi connectivity index (χ3n) is 4.06. The number of aliphatic carboxylic acids is 1. The molecule has 4 nitrogen and oxygen atoms in total. The van der Waals surface area contributed by atoms with Gasteiger partial charge in [0.2, 0.25) is 5.91 Å². The van der Waals surface area contributed by atoms with Crippen molar-refractivity contribution in [2.45, 2.75) is 37.9 Å². The Kier molecular flexibility index (Phi) is 6.98. The molecule has 2 aromatic carbocycles. The molecule has 7 heteroatoms. The van der Waals surface area contributed by atoms with E-state index in [1.165, 1.54) is 12.1 Å². The Morgan fingerprint density at radius 1 is 0.963 bits per heavy atom. The SMILES string of the molecule is O=C(O)C[C@H](CCc1ccccc1)NC(=O)Cc1ccc(C(F)(F)F)cc1. The number of halogens is 3. The number of hydrogen-bond acceptors (Lipinski definition) is 2. The van der Waals surface area contributed by atoms with Crippen LogP contribution in [0, 0.1) is 0 Å². The van der Waals surface area contributed by atoms with Gasteiger partial charge in [-0.15, -0.1) is 0 Å². The summed E-state index contributed by atoms with van der Waals surface area (Å²) in [4.78, 5) is 23.2. The van der Waals surface area contributed by atoms with E-state index < -0.39 is 29.7 Å². The summed E-state index contributed by atoms with van der Waals surface area (Å²) in [6, 6.07) is 13.3. The van der Waals surface area contributed by atoms with Crippen LogP contribution in [0.1, 0.15) is 29.5 Å². The lowest BCUT2D eigenvalue weighted by Crippen LogP contribution is -2.37. The summed E-state index contributed by atoms with van der Waals surface area (Å²) in [5, 5.41) is 11.7. The van der Waals surface area contributed by atoms with E-state index in [-0.39, 0.29) is 12.8 Å². The van der Waals surface area contributed by atoms with Crippen LogP contribution in [-0.2, 0) is 28.6 Å². The molecule has 2 aromatic rings. The van der Waals surface area contributed by atoms with E-state index in [0.29, 0.717) is 18.4 Å². The van der Waals surface area contributed by atoms with E-state index in [4.69, 9.17) is 5.11 Å². The molecular formula is C20H20F3NO3. The van der Waals surface area contributed by atoms with Gasteiger partial charge in [-0.1, -0.05) is 42.5 Å². The highest BCUT2D eigenvalue weighted by Crippen LogP contribution is 2.29. The molecule has 0 heterocycles. The molecule has 0 radical (unpaired) electrons. The lowest BCUT2D eigenvalue weighted by atomic mass is 10.0. The molecule has 144 valence electrons. The van der Waals surface area contributed by atoms with Gasteiger partial charge in [-0.3, -0.25) is 9.59 Å². The fraction of sp³-hybridized carbons (Fsp3) is 0.300. The Morgan fingerprint density at radius 3 is 2.15 bits per heavy atom. The summed E-state index contributed by atoms with van der Waals surface area (Å²) < 4.78 is 37.7. The maximum absolute atomic E-state index is 12.6. The number of alkyl halides is 3. The zero-order valence-electron chi connectivity index (χ0n) is 14.5. The number of carboxylic acid groups (broad SMARTS) is 1. The molecule has 0 aliphatic carbocycles. The molecule has 0 saturated carbocycles. The summed E-state index contributed by atoms with van der Waals surface area (Å²) in [5.41, 5.74) is 0.681. The molecule has 0 saturated heterocycles. The molecule has 2 rings (SSSR count). The van der Waals surface area contributed by atoms with Crippen molar-refractivity contribution in [3.05, 3.63) is 71.3 Å². The van der Waals surface area contributed by atoms with Crippen LogP contribution < -0.4 is 5.32 Å². The first kappa shape index (κ1) is 20.5. The highest BCUT2D eigenvalue weighted by atomic mass is 19.4. The monoisotopic (exact) mass is 379 g/mol. The number of amides is 1. The summed E-state index contributed by atoms with van der Waals surface area (Å²) >= 11 is 0. The van der Waals surface area contributed by atoms with Crippen LogP contribution in [0.4, 0.5) is 13.2 Å². The Morgan fingerprint density at radius 2 is 1.59 bits per heavy atom. The highest BCUT2D eigenvalue weighted by Gasteiger charge is 2.30. The first-order valence-electron chi connectivity index (χ1n) is 8.45. The lowest BCUT2D eigenvalue weighted by Gasteiger charge is -2.17. The Bertz CT molecular complexity index is 758. The van der Waals surface area contributed by atoms with Gasteiger partial charge in [-0.2, -0.15) is 13.2 Å². The van der Waals surface area contributed by atoms with Crippen molar-refractivity contribution in [1.82, 2.24) is 5.32 Å². The van der Waals surface area contributed by atoms with Gasteiger partial charge in [0.15, 0.2) is 0 Å². The topological polar surface area (TPSA) is 66.4 Å². The molecule has 0 unspecified atom stereocenters. The quantitative estimate of drug-likeness (QED) is 0.732. The van der Waals surface area contributed by atoms with Crippen molar-refractivity contribution < 1.29 is 27.9 Å². The highest BCUT2D eigenvalue weighted by molar-refractivity contribution is 5.79. The van der Waals surface area contributed by atoms with Crippen LogP contribution in [-0.4, -0.2) is 23.0 Å². The number of carbonyl (C=O) groups is 2. The molecule has 0 aromatic heterocycles. The normalized spacial score (nSPS) is 12.4. The van der Waals surface area contributed by atoms with Crippen LogP contribution in [0.25, 0.3) is 0 Å². The van der Waals surface area contributed by atoms with E-state index in [1.54, 1.807) is 0 Å². The Balaban J connectivity index is 1.93.